The third-order valence-corrected chi connectivity index (χ3v) is 7.06. The molecule has 0 radical (unpaired) electrons. The summed E-state index contributed by atoms with van der Waals surface area (Å²) in [5, 5.41) is 79.1. The van der Waals surface area contributed by atoms with Gasteiger partial charge in [0, 0.05) is 11.1 Å². The fraction of sp³-hybridized carbons (Fsp3) is 0.500. The van der Waals surface area contributed by atoms with Crippen LogP contribution in [0.15, 0.2) is 83.1 Å². The summed E-state index contributed by atoms with van der Waals surface area (Å²) in [6.07, 6.45) is 0.855. The summed E-state index contributed by atoms with van der Waals surface area (Å²) in [6, 6.07) is 0. The molecular weight excluding hydrogens is 608 g/mol. The zero-order chi connectivity index (χ0) is 34.6. The lowest BCUT2D eigenvalue weighted by atomic mass is 9.98. The minimum Gasteiger partial charge on any atom is -0.478 e. The molecule has 46 heavy (non-hydrogen) atoms. The summed E-state index contributed by atoms with van der Waals surface area (Å²) in [5.41, 5.74) is 2.11. The lowest BCUT2D eigenvalue weighted by Crippen LogP contribution is -2.61. The molecule has 6 unspecified atom stereocenters. The maximum absolute atomic E-state index is 12.6. The van der Waals surface area contributed by atoms with Gasteiger partial charge in [-0.1, -0.05) is 71.9 Å². The molecule has 8 N–H and O–H groups in total. The summed E-state index contributed by atoms with van der Waals surface area (Å²) >= 11 is 0. The highest BCUT2D eigenvalue weighted by Crippen LogP contribution is 2.26. The van der Waals surface area contributed by atoms with Gasteiger partial charge in [0.15, 0.2) is 6.29 Å². The van der Waals surface area contributed by atoms with Crippen LogP contribution < -0.4 is 0 Å². The average Bonchev–Trinajstić information content (AvgIpc) is 3.02. The van der Waals surface area contributed by atoms with E-state index in [4.69, 9.17) is 24.1 Å². The van der Waals surface area contributed by atoms with E-state index in [0.29, 0.717) is 0 Å². The van der Waals surface area contributed by atoms with E-state index >= 15 is 0 Å². The average molecular weight is 653 g/mol. The quantitative estimate of drug-likeness (QED) is 0.0725. The Bertz CT molecular complexity index is 1240. The highest BCUT2D eigenvalue weighted by Gasteiger charge is 2.48. The second-order valence-electron chi connectivity index (χ2n) is 10.9. The fourth-order valence-corrected chi connectivity index (χ4v) is 4.10. The smallest absolute Gasteiger partial charge is 0.336 e. The molecule has 0 amide bonds. The van der Waals surface area contributed by atoms with Crippen LogP contribution >= 0.6 is 0 Å². The number of aliphatic hydroxyl groups excluding tert-OH is 7. The molecule has 0 saturated carbocycles. The van der Waals surface area contributed by atoms with Gasteiger partial charge in [-0.3, -0.25) is 0 Å². The van der Waals surface area contributed by atoms with Gasteiger partial charge >= 0.3 is 11.9 Å². The monoisotopic (exact) mass is 652 g/mol. The summed E-state index contributed by atoms with van der Waals surface area (Å²) in [6.45, 7) is 5.43. The van der Waals surface area contributed by atoms with Crippen LogP contribution in [-0.2, 0) is 28.5 Å². The molecule has 14 heteroatoms. The molecule has 2 fully saturated rings. The molecule has 2 heterocycles. The van der Waals surface area contributed by atoms with Crippen LogP contribution in [-0.4, -0.2) is 127 Å². The molecule has 256 valence electrons. The van der Waals surface area contributed by atoms with Crippen molar-refractivity contribution in [3.63, 3.8) is 0 Å². The van der Waals surface area contributed by atoms with Crippen LogP contribution in [0.3, 0.4) is 0 Å². The van der Waals surface area contributed by atoms with Crippen LogP contribution in [0.1, 0.15) is 27.7 Å². The highest BCUT2D eigenvalue weighted by atomic mass is 16.7. The van der Waals surface area contributed by atoms with Crippen LogP contribution in [0.4, 0.5) is 0 Å². The van der Waals surface area contributed by atoms with Gasteiger partial charge in [-0.25, -0.2) is 9.59 Å². The van der Waals surface area contributed by atoms with Gasteiger partial charge in [0.1, 0.15) is 48.8 Å². The second-order valence-corrected chi connectivity index (χ2v) is 10.9. The van der Waals surface area contributed by atoms with Crippen molar-refractivity contribution >= 4 is 11.9 Å². The van der Waals surface area contributed by atoms with E-state index < -0.39 is 86.6 Å². The minimum absolute atomic E-state index is 0.127. The molecule has 10 atom stereocenters. The number of allylic oxidation sites excluding steroid dienone is 12. The van der Waals surface area contributed by atoms with Crippen LogP contribution in [0.25, 0.3) is 0 Å². The Morgan fingerprint density at radius 1 is 0.630 bits per heavy atom. The number of carboxylic acid groups (broad SMARTS) is 1. The van der Waals surface area contributed by atoms with Crippen LogP contribution in [0, 0.1) is 0 Å². The van der Waals surface area contributed by atoms with E-state index in [1.54, 1.807) is 30.4 Å². The van der Waals surface area contributed by atoms with Gasteiger partial charge in [-0.05, 0) is 27.7 Å². The Morgan fingerprint density at radius 3 is 1.63 bits per heavy atom. The standard InChI is InChI=1S/C32H44O14/c1-17(11-7-13-19(3)29(40)41)9-5-6-10-18(2)12-8-14-20(4)30(42)46-32-28(39)26(37)24(35)22(45-32)16-43-31-27(38)25(36)23(34)21(15-33)44-31/h5-14,21-28,31-39H,15-16H2,1-4H3,(H,40,41)/b6-5+,11-7+,12-8+,17-9+,18-10-,19-13+,20-14+/t21?,22?,23-,24-,25?,26?,27?,28?,31-,32+/m1/s1. The van der Waals surface area contributed by atoms with E-state index in [-0.39, 0.29) is 11.1 Å². The maximum atomic E-state index is 12.6. The lowest BCUT2D eigenvalue weighted by molar-refractivity contribution is -0.326. The Kier molecular flexibility index (Phi) is 15.9. The molecule has 0 aromatic rings. The van der Waals surface area contributed by atoms with Crippen molar-refractivity contribution in [2.75, 3.05) is 13.2 Å². The van der Waals surface area contributed by atoms with E-state index in [1.165, 1.54) is 26.0 Å². The molecule has 14 nitrogen and oxygen atoms in total. The molecule has 0 aliphatic carbocycles. The first-order valence-corrected chi connectivity index (χ1v) is 14.5. The number of hydrogen-bond acceptors (Lipinski definition) is 13. The summed E-state index contributed by atoms with van der Waals surface area (Å²) < 4.78 is 21.3. The Labute approximate surface area is 266 Å². The molecular formula is C32H44O14. The van der Waals surface area contributed by atoms with Gasteiger partial charge in [-0.2, -0.15) is 0 Å². The first-order valence-electron chi connectivity index (χ1n) is 14.5. The van der Waals surface area contributed by atoms with Gasteiger partial charge in [0.05, 0.1) is 13.2 Å². The van der Waals surface area contributed by atoms with Crippen molar-refractivity contribution in [2.45, 2.75) is 89.1 Å². The summed E-state index contributed by atoms with van der Waals surface area (Å²) in [4.78, 5) is 23.4. The van der Waals surface area contributed by atoms with E-state index in [0.717, 1.165) is 11.1 Å². The third kappa shape index (κ3) is 11.5. The molecule has 0 aromatic heterocycles. The van der Waals surface area contributed by atoms with Gasteiger partial charge in [0.2, 0.25) is 6.29 Å². The molecule has 2 saturated heterocycles. The largest absolute Gasteiger partial charge is 0.478 e. The molecule has 2 rings (SSSR count). The number of hydrogen-bond donors (Lipinski definition) is 8. The first-order chi connectivity index (χ1) is 21.7. The molecule has 0 aromatic carbocycles. The fourth-order valence-electron chi connectivity index (χ4n) is 4.10. The lowest BCUT2D eigenvalue weighted by Gasteiger charge is -2.42. The Hall–Kier alpha value is -3.28. The van der Waals surface area contributed by atoms with Gasteiger partial charge in [0.25, 0.3) is 0 Å². The van der Waals surface area contributed by atoms with E-state index in [1.807, 2.05) is 32.1 Å². The zero-order valence-electron chi connectivity index (χ0n) is 26.0. The van der Waals surface area contributed by atoms with Crippen molar-refractivity contribution < 1.29 is 69.4 Å². The summed E-state index contributed by atoms with van der Waals surface area (Å²) in [7, 11) is 0. The predicted molar refractivity (Wildman–Crippen MR) is 163 cm³/mol. The third-order valence-electron chi connectivity index (χ3n) is 7.06. The first kappa shape index (κ1) is 38.9. The molecule has 2 aliphatic heterocycles. The van der Waals surface area contributed by atoms with Crippen molar-refractivity contribution in [3.8, 4) is 0 Å². The second kappa shape index (κ2) is 18.8. The predicted octanol–water partition coefficient (Wildman–Crippen LogP) is -0.308. The van der Waals surface area contributed by atoms with Crippen molar-refractivity contribution in [1.82, 2.24) is 0 Å². The topological polar surface area (TPSA) is 233 Å². The maximum Gasteiger partial charge on any atom is 0.336 e. The number of carbonyl (C=O) groups is 2. The van der Waals surface area contributed by atoms with Crippen molar-refractivity contribution in [1.29, 1.82) is 0 Å². The number of carboxylic acids is 1. The van der Waals surface area contributed by atoms with Crippen LogP contribution in [0.2, 0.25) is 0 Å². The normalized spacial score (nSPS) is 33.7. The van der Waals surface area contributed by atoms with Crippen molar-refractivity contribution in [3.05, 3.63) is 83.1 Å². The number of ether oxygens (including phenoxy) is 4. The van der Waals surface area contributed by atoms with Crippen molar-refractivity contribution in [2.24, 2.45) is 0 Å². The number of aliphatic carboxylic acids is 1. The minimum atomic E-state index is -1.80. The molecule has 0 bridgehead atoms. The summed E-state index contributed by atoms with van der Waals surface area (Å²) in [5.74, 6) is -1.86. The molecule has 0 spiro atoms. The number of esters is 1. The van der Waals surface area contributed by atoms with Crippen LogP contribution in [0.5, 0.6) is 0 Å². The molecule has 2 aliphatic rings. The van der Waals surface area contributed by atoms with Gasteiger partial charge < -0.3 is 59.8 Å². The number of aliphatic hydroxyl groups is 7. The van der Waals surface area contributed by atoms with Gasteiger partial charge in [-0.15, -0.1) is 0 Å². The van der Waals surface area contributed by atoms with E-state index in [2.05, 4.69) is 0 Å². The zero-order valence-corrected chi connectivity index (χ0v) is 26.0. The number of carbonyl (C=O) groups excluding carboxylic acids is 1. The SMILES string of the molecule is CC(=C/C=C/C=C(C)/C=C/C=C(\C)C(=O)O)/C=C/C=C(\C)C(=O)O[C@@H]1OC(CO[C@@H]2OC(CO)[C@@H](O)C(O)C2O)[C@@H](O)C(O)C1O. The highest BCUT2D eigenvalue weighted by molar-refractivity contribution is 5.88. The van der Waals surface area contributed by atoms with E-state index in [9.17, 15) is 45.3 Å². The Morgan fingerprint density at radius 2 is 1.11 bits per heavy atom. The Balaban J connectivity index is 1.94. The number of rotatable bonds is 13.